The number of nitrogens with one attached hydrogen (secondary N) is 1. The summed E-state index contributed by atoms with van der Waals surface area (Å²) in [7, 11) is 0. The van der Waals surface area contributed by atoms with Crippen molar-refractivity contribution in [1.29, 1.82) is 0 Å². The predicted octanol–water partition coefficient (Wildman–Crippen LogP) is 4.78. The molecule has 98 valence electrons. The summed E-state index contributed by atoms with van der Waals surface area (Å²) >= 11 is 9.54. The number of furan rings is 1. The monoisotopic (exact) mass is 329 g/mol. The van der Waals surface area contributed by atoms with E-state index in [4.69, 9.17) is 16.0 Å². The van der Waals surface area contributed by atoms with E-state index < -0.39 is 0 Å². The van der Waals surface area contributed by atoms with Crippen molar-refractivity contribution in [3.63, 3.8) is 0 Å². The van der Waals surface area contributed by atoms with Crippen molar-refractivity contribution in [2.24, 2.45) is 0 Å². The minimum absolute atomic E-state index is 0.137. The maximum atomic E-state index is 6.07. The van der Waals surface area contributed by atoms with E-state index >= 15 is 0 Å². The quantitative estimate of drug-likeness (QED) is 0.876. The summed E-state index contributed by atoms with van der Waals surface area (Å²) in [5.41, 5.74) is 2.19. The van der Waals surface area contributed by atoms with Gasteiger partial charge in [-0.3, -0.25) is 0 Å². The molecule has 2 rings (SSSR count). The Bertz CT molecular complexity index is 557. The topological polar surface area (TPSA) is 25.2 Å². The number of rotatable bonds is 3. The summed E-state index contributed by atoms with van der Waals surface area (Å²) in [6, 6.07) is 3.81. The third-order valence-corrected chi connectivity index (χ3v) is 3.53. The lowest BCUT2D eigenvalue weighted by atomic mass is 10.1. The maximum absolute atomic E-state index is 6.07. The molecule has 0 spiro atoms. The van der Waals surface area contributed by atoms with Gasteiger partial charge in [0.2, 0.25) is 0 Å². The molecule has 0 aliphatic heterocycles. The van der Waals surface area contributed by atoms with E-state index in [1.807, 2.05) is 18.4 Å². The first-order chi connectivity index (χ1) is 8.37. The molecular weight excluding hydrogens is 314 g/mol. The first kappa shape index (κ1) is 13.9. The van der Waals surface area contributed by atoms with Gasteiger partial charge < -0.3 is 9.73 Å². The summed E-state index contributed by atoms with van der Waals surface area (Å²) in [5, 5.41) is 5.28. The number of benzene rings is 1. The fourth-order valence-electron chi connectivity index (χ4n) is 1.88. The van der Waals surface area contributed by atoms with Crippen LogP contribution in [0.25, 0.3) is 11.0 Å². The molecule has 1 aromatic heterocycles. The highest BCUT2D eigenvalue weighted by molar-refractivity contribution is 9.10. The van der Waals surface area contributed by atoms with Gasteiger partial charge in [0, 0.05) is 15.9 Å². The molecule has 0 bridgehead atoms. The Balaban J connectivity index is 2.19. The third-order valence-electron chi connectivity index (χ3n) is 2.72. The number of hydrogen-bond donors (Lipinski definition) is 1. The van der Waals surface area contributed by atoms with Gasteiger partial charge in [0.15, 0.2) is 0 Å². The van der Waals surface area contributed by atoms with Crippen LogP contribution in [0, 0.1) is 0 Å². The Morgan fingerprint density at radius 3 is 2.72 bits per heavy atom. The van der Waals surface area contributed by atoms with Crippen LogP contribution < -0.4 is 5.32 Å². The van der Waals surface area contributed by atoms with Crippen LogP contribution in [-0.4, -0.2) is 12.1 Å². The molecule has 0 saturated heterocycles. The highest BCUT2D eigenvalue weighted by Gasteiger charge is 2.12. The average Bonchev–Trinajstić information content (AvgIpc) is 2.60. The summed E-state index contributed by atoms with van der Waals surface area (Å²) in [5.74, 6) is 0. The molecule has 0 atom stereocenters. The lowest BCUT2D eigenvalue weighted by Crippen LogP contribution is -2.37. The largest absolute Gasteiger partial charge is 0.463 e. The standard InChI is InChI=1S/C14H17BrClNO/c1-14(2,3)17-5-4-9-8-18-13-11(9)6-10(16)7-12(13)15/h6-8,17H,4-5H2,1-3H3. The molecule has 1 N–H and O–H groups in total. The van der Waals surface area contributed by atoms with E-state index in [0.29, 0.717) is 0 Å². The molecule has 0 amide bonds. The zero-order valence-electron chi connectivity index (χ0n) is 10.8. The predicted molar refractivity (Wildman–Crippen MR) is 80.4 cm³/mol. The summed E-state index contributed by atoms with van der Waals surface area (Å²) in [6.07, 6.45) is 2.74. The van der Waals surface area contributed by atoms with Gasteiger partial charge in [-0.05, 0) is 67.4 Å². The van der Waals surface area contributed by atoms with Crippen molar-refractivity contribution in [1.82, 2.24) is 5.32 Å². The molecule has 4 heteroatoms. The summed E-state index contributed by atoms with van der Waals surface area (Å²) < 4.78 is 6.49. The van der Waals surface area contributed by atoms with Gasteiger partial charge in [-0.15, -0.1) is 0 Å². The molecule has 1 heterocycles. The SMILES string of the molecule is CC(C)(C)NCCc1coc2c(Br)cc(Cl)cc12. The molecular formula is C14H17BrClNO. The second kappa shape index (κ2) is 5.24. The van der Waals surface area contributed by atoms with Crippen molar-refractivity contribution in [3.8, 4) is 0 Å². The normalized spacial score (nSPS) is 12.3. The number of hydrogen-bond acceptors (Lipinski definition) is 2. The lowest BCUT2D eigenvalue weighted by Gasteiger charge is -2.20. The van der Waals surface area contributed by atoms with Crippen molar-refractivity contribution < 1.29 is 4.42 Å². The van der Waals surface area contributed by atoms with E-state index in [1.165, 1.54) is 5.56 Å². The lowest BCUT2D eigenvalue weighted by molar-refractivity contribution is 0.429. The molecule has 0 saturated carbocycles. The fourth-order valence-corrected chi connectivity index (χ4v) is 2.78. The number of fused-ring (bicyclic) bond motifs is 1. The number of halogens is 2. The Hall–Kier alpha value is -0.510. The molecule has 0 aliphatic rings. The Kier molecular flexibility index (Phi) is 4.05. The second-order valence-corrected chi connectivity index (χ2v) is 6.74. The average molecular weight is 331 g/mol. The van der Waals surface area contributed by atoms with Gasteiger partial charge >= 0.3 is 0 Å². The van der Waals surface area contributed by atoms with Crippen LogP contribution in [0.2, 0.25) is 5.02 Å². The molecule has 2 nitrogen and oxygen atoms in total. The van der Waals surface area contributed by atoms with E-state index in [0.717, 1.165) is 33.4 Å². The van der Waals surface area contributed by atoms with Gasteiger partial charge in [-0.25, -0.2) is 0 Å². The molecule has 0 aliphatic carbocycles. The van der Waals surface area contributed by atoms with Crippen LogP contribution >= 0.6 is 27.5 Å². The molecule has 0 radical (unpaired) electrons. The third kappa shape index (κ3) is 3.28. The van der Waals surface area contributed by atoms with Crippen LogP contribution in [0.1, 0.15) is 26.3 Å². The summed E-state index contributed by atoms with van der Waals surface area (Å²) in [6.45, 7) is 7.40. The molecule has 2 aromatic rings. The molecule has 18 heavy (non-hydrogen) atoms. The van der Waals surface area contributed by atoms with Crippen molar-refractivity contribution in [3.05, 3.63) is 33.5 Å². The zero-order chi connectivity index (χ0) is 13.3. The summed E-state index contributed by atoms with van der Waals surface area (Å²) in [4.78, 5) is 0. The molecule has 0 unspecified atom stereocenters. The van der Waals surface area contributed by atoms with Crippen LogP contribution in [0.5, 0.6) is 0 Å². The Labute approximate surface area is 121 Å². The van der Waals surface area contributed by atoms with Gasteiger partial charge in [-0.2, -0.15) is 0 Å². The first-order valence-corrected chi connectivity index (χ1v) is 7.14. The van der Waals surface area contributed by atoms with Gasteiger partial charge in [0.25, 0.3) is 0 Å². The molecule has 0 fully saturated rings. The second-order valence-electron chi connectivity index (χ2n) is 5.45. The maximum Gasteiger partial charge on any atom is 0.148 e. The molecule has 1 aromatic carbocycles. The van der Waals surface area contributed by atoms with Crippen molar-refractivity contribution in [2.45, 2.75) is 32.7 Å². The minimum atomic E-state index is 0.137. The van der Waals surface area contributed by atoms with Gasteiger partial charge in [0.05, 0.1) is 10.7 Å². The van der Waals surface area contributed by atoms with Crippen molar-refractivity contribution in [2.75, 3.05) is 6.54 Å². The van der Waals surface area contributed by atoms with E-state index in [1.54, 1.807) is 0 Å². The smallest absolute Gasteiger partial charge is 0.148 e. The Morgan fingerprint density at radius 1 is 1.33 bits per heavy atom. The highest BCUT2D eigenvalue weighted by Crippen LogP contribution is 2.31. The zero-order valence-corrected chi connectivity index (χ0v) is 13.2. The van der Waals surface area contributed by atoms with E-state index in [-0.39, 0.29) is 5.54 Å². The van der Waals surface area contributed by atoms with Crippen molar-refractivity contribution >= 4 is 38.5 Å². The fraction of sp³-hybridized carbons (Fsp3) is 0.429. The van der Waals surface area contributed by atoms with Gasteiger partial charge in [0.1, 0.15) is 5.58 Å². The minimum Gasteiger partial charge on any atom is -0.463 e. The first-order valence-electron chi connectivity index (χ1n) is 5.97. The van der Waals surface area contributed by atoms with E-state index in [2.05, 4.69) is 42.0 Å². The highest BCUT2D eigenvalue weighted by atomic mass is 79.9. The Morgan fingerprint density at radius 2 is 2.06 bits per heavy atom. The van der Waals surface area contributed by atoms with Gasteiger partial charge in [-0.1, -0.05) is 11.6 Å². The van der Waals surface area contributed by atoms with Crippen LogP contribution in [-0.2, 0) is 6.42 Å². The van der Waals surface area contributed by atoms with Crippen LogP contribution in [0.3, 0.4) is 0 Å². The van der Waals surface area contributed by atoms with Crippen LogP contribution in [0.15, 0.2) is 27.3 Å². The van der Waals surface area contributed by atoms with E-state index in [9.17, 15) is 0 Å². The van der Waals surface area contributed by atoms with Crippen LogP contribution in [0.4, 0.5) is 0 Å².